The highest BCUT2D eigenvalue weighted by Crippen LogP contribution is 2.59. The lowest BCUT2D eigenvalue weighted by atomic mass is 9.95. The van der Waals surface area contributed by atoms with E-state index in [1.165, 1.54) is 11.1 Å². The monoisotopic (exact) mass is 522 g/mol. The van der Waals surface area contributed by atoms with Crippen molar-refractivity contribution >= 4 is 15.7 Å². The molecule has 0 N–H and O–H groups in total. The number of sulfone groups is 1. The van der Waals surface area contributed by atoms with Crippen molar-refractivity contribution in [1.82, 2.24) is 9.88 Å². The number of piperidine rings is 1. The largest absolute Gasteiger partial charge is 0.480 e. The van der Waals surface area contributed by atoms with E-state index >= 15 is 0 Å². The first-order valence-electron chi connectivity index (χ1n) is 10.4. The van der Waals surface area contributed by atoms with Crippen LogP contribution in [-0.2, 0) is 21.4 Å². The van der Waals surface area contributed by atoms with E-state index in [2.05, 4.69) is 4.98 Å². The van der Waals surface area contributed by atoms with E-state index in [4.69, 9.17) is 4.74 Å². The van der Waals surface area contributed by atoms with Crippen LogP contribution in [0, 0.1) is 5.92 Å². The molecule has 190 valence electrons. The highest BCUT2D eigenvalue weighted by Gasteiger charge is 2.62. The number of likely N-dealkylation sites (tertiary alicyclic amines) is 1. The summed E-state index contributed by atoms with van der Waals surface area (Å²) in [5.41, 5.74) is -1.72. The minimum absolute atomic E-state index is 0.0108. The van der Waals surface area contributed by atoms with E-state index in [9.17, 15) is 39.6 Å². The van der Waals surface area contributed by atoms with Gasteiger partial charge in [0.15, 0.2) is 15.9 Å². The summed E-state index contributed by atoms with van der Waals surface area (Å²) in [6, 6.07) is 3.99. The first kappa shape index (κ1) is 25.3. The summed E-state index contributed by atoms with van der Waals surface area (Å²) >= 11 is 0. The van der Waals surface area contributed by atoms with Crippen LogP contribution in [-0.4, -0.2) is 55.8 Å². The number of amides is 1. The molecule has 0 spiro atoms. The number of rotatable bonds is 5. The normalized spacial score (nSPS) is 23.1. The molecule has 1 saturated heterocycles. The number of halogens is 6. The summed E-state index contributed by atoms with van der Waals surface area (Å²) < 4.78 is 107. The molecule has 1 aliphatic carbocycles. The second kappa shape index (κ2) is 8.10. The molecule has 4 rings (SSSR count). The van der Waals surface area contributed by atoms with Crippen molar-refractivity contribution in [2.45, 2.75) is 42.1 Å². The summed E-state index contributed by atoms with van der Waals surface area (Å²) in [7, 11) is -3.80. The van der Waals surface area contributed by atoms with Gasteiger partial charge >= 0.3 is 12.4 Å². The summed E-state index contributed by atoms with van der Waals surface area (Å²) in [5.74, 6) is -1.37. The smallest absolute Gasteiger partial charge is 0.425 e. The lowest BCUT2D eigenvalue weighted by Gasteiger charge is -2.24. The third kappa shape index (κ3) is 4.82. The molecule has 3 atom stereocenters. The van der Waals surface area contributed by atoms with Crippen molar-refractivity contribution in [2.75, 3.05) is 19.3 Å². The van der Waals surface area contributed by atoms with Crippen LogP contribution < -0.4 is 4.74 Å². The average Bonchev–Trinajstić information content (AvgIpc) is 3.32. The maximum Gasteiger partial charge on any atom is 0.425 e. The van der Waals surface area contributed by atoms with E-state index in [0.717, 1.165) is 37.4 Å². The van der Waals surface area contributed by atoms with E-state index in [1.807, 2.05) is 0 Å². The number of carbonyl (C=O) groups is 1. The predicted molar refractivity (Wildman–Crippen MR) is 111 cm³/mol. The molecule has 1 aliphatic heterocycles. The minimum Gasteiger partial charge on any atom is -0.480 e. The molecule has 1 aromatic carbocycles. The Morgan fingerprint density at radius 1 is 1.17 bits per heavy atom. The van der Waals surface area contributed by atoms with E-state index < -0.39 is 50.9 Å². The Balaban J connectivity index is 1.65. The number of pyridine rings is 1. The SMILES string of the molecule is CC(Oc1ccc(S(C)(=O)=O)cc1C(=O)N1CC2CC2(c2cncc(C(F)(F)F)c2)C1)C(F)(F)F. The van der Waals surface area contributed by atoms with Gasteiger partial charge in [0.05, 0.1) is 16.0 Å². The zero-order valence-corrected chi connectivity index (χ0v) is 19.3. The van der Waals surface area contributed by atoms with Gasteiger partial charge in [0.1, 0.15) is 5.75 Å². The fourth-order valence-corrected chi connectivity index (χ4v) is 5.04. The van der Waals surface area contributed by atoms with Crippen LogP contribution in [0.15, 0.2) is 41.6 Å². The Morgan fingerprint density at radius 3 is 2.46 bits per heavy atom. The van der Waals surface area contributed by atoms with Gasteiger partial charge in [-0.15, -0.1) is 0 Å². The van der Waals surface area contributed by atoms with Gasteiger partial charge in [-0.3, -0.25) is 9.78 Å². The number of aromatic nitrogens is 1. The number of hydrogen-bond donors (Lipinski definition) is 0. The van der Waals surface area contributed by atoms with Crippen molar-refractivity contribution in [1.29, 1.82) is 0 Å². The van der Waals surface area contributed by atoms with Crippen molar-refractivity contribution < 1.29 is 44.3 Å². The number of nitrogens with zero attached hydrogens (tertiary/aromatic N) is 2. The fraction of sp³-hybridized carbons (Fsp3) is 0.455. The Bertz CT molecular complexity index is 1280. The summed E-state index contributed by atoms with van der Waals surface area (Å²) in [6.45, 7) is 0.905. The van der Waals surface area contributed by atoms with Crippen LogP contribution >= 0.6 is 0 Å². The summed E-state index contributed by atoms with van der Waals surface area (Å²) in [5, 5.41) is 0. The van der Waals surface area contributed by atoms with Crippen molar-refractivity contribution in [3.05, 3.63) is 53.3 Å². The number of carbonyl (C=O) groups excluding carboxylic acids is 1. The molecular weight excluding hydrogens is 502 g/mol. The zero-order valence-electron chi connectivity index (χ0n) is 18.4. The third-order valence-corrected chi connectivity index (χ3v) is 7.56. The van der Waals surface area contributed by atoms with Crippen molar-refractivity contribution in [3.63, 3.8) is 0 Å². The van der Waals surface area contributed by atoms with Crippen molar-refractivity contribution in [3.8, 4) is 5.75 Å². The zero-order chi connectivity index (χ0) is 26.0. The second-order valence-electron chi connectivity index (χ2n) is 8.93. The molecule has 1 amide bonds. The maximum atomic E-state index is 13.3. The Labute approximate surface area is 196 Å². The van der Waals surface area contributed by atoms with Gasteiger partial charge < -0.3 is 9.64 Å². The molecule has 3 unspecified atom stereocenters. The van der Waals surface area contributed by atoms with E-state index in [-0.39, 0.29) is 29.5 Å². The van der Waals surface area contributed by atoms with Crippen LogP contribution in [0.2, 0.25) is 0 Å². The van der Waals surface area contributed by atoms with Gasteiger partial charge in [0, 0.05) is 37.2 Å². The molecule has 0 radical (unpaired) electrons. The average molecular weight is 522 g/mol. The predicted octanol–water partition coefficient (Wildman–Crippen LogP) is 4.25. The highest BCUT2D eigenvalue weighted by molar-refractivity contribution is 7.90. The van der Waals surface area contributed by atoms with Gasteiger partial charge in [-0.25, -0.2) is 8.42 Å². The Kier molecular flexibility index (Phi) is 5.85. The van der Waals surface area contributed by atoms with Crippen LogP contribution in [0.1, 0.15) is 34.8 Å². The number of ether oxygens (including phenoxy) is 1. The van der Waals surface area contributed by atoms with Crippen molar-refractivity contribution in [2.24, 2.45) is 5.92 Å². The first-order chi connectivity index (χ1) is 16.0. The molecule has 35 heavy (non-hydrogen) atoms. The lowest BCUT2D eigenvalue weighted by molar-refractivity contribution is -0.189. The topological polar surface area (TPSA) is 76.6 Å². The Morgan fingerprint density at radius 2 is 1.86 bits per heavy atom. The molecule has 0 bridgehead atoms. The molecule has 1 saturated carbocycles. The summed E-state index contributed by atoms with van der Waals surface area (Å²) in [4.78, 5) is 18.0. The molecule has 1 aromatic heterocycles. The second-order valence-corrected chi connectivity index (χ2v) is 11.0. The van der Waals surface area contributed by atoms with Gasteiger partial charge in [-0.05, 0) is 49.1 Å². The van der Waals surface area contributed by atoms with Gasteiger partial charge in [0.2, 0.25) is 0 Å². The van der Waals surface area contributed by atoms with Crippen LogP contribution in [0.3, 0.4) is 0 Å². The van der Waals surface area contributed by atoms with E-state index in [1.54, 1.807) is 0 Å². The van der Waals surface area contributed by atoms with Gasteiger partial charge in [-0.1, -0.05) is 0 Å². The fourth-order valence-electron chi connectivity index (χ4n) is 4.39. The molecule has 2 aliphatic rings. The van der Waals surface area contributed by atoms with Gasteiger partial charge in [-0.2, -0.15) is 26.3 Å². The van der Waals surface area contributed by atoms with Gasteiger partial charge in [0.25, 0.3) is 5.91 Å². The molecule has 2 heterocycles. The van der Waals surface area contributed by atoms with Crippen LogP contribution in [0.5, 0.6) is 5.75 Å². The minimum atomic E-state index is -4.73. The standard InChI is InChI=1S/C22H20F6N2O4S/c1-12(21(23,24)25)34-18-4-3-16(35(2,32)33)6-17(18)19(31)30-10-15-7-20(15,11-30)13-5-14(9-29-8-13)22(26,27)28/h3-6,8-9,12,15H,7,10-11H2,1-2H3. The van der Waals surface area contributed by atoms with Crippen LogP contribution in [0.4, 0.5) is 26.3 Å². The number of hydrogen-bond acceptors (Lipinski definition) is 5. The first-order valence-corrected chi connectivity index (χ1v) is 12.3. The number of alkyl halides is 6. The number of fused-ring (bicyclic) bond motifs is 1. The lowest BCUT2D eigenvalue weighted by Crippen LogP contribution is -2.35. The number of benzene rings is 1. The third-order valence-electron chi connectivity index (χ3n) is 6.45. The van der Waals surface area contributed by atoms with E-state index in [0.29, 0.717) is 18.2 Å². The molecular formula is C22H20F6N2O4S. The molecule has 13 heteroatoms. The molecule has 2 aromatic rings. The molecule has 6 nitrogen and oxygen atoms in total. The molecule has 2 fully saturated rings. The Hall–Kier alpha value is -2.83. The quantitative estimate of drug-likeness (QED) is 0.549. The highest BCUT2D eigenvalue weighted by atomic mass is 32.2. The van der Waals surface area contributed by atoms with Crippen LogP contribution in [0.25, 0.3) is 0 Å². The summed E-state index contributed by atoms with van der Waals surface area (Å²) in [6.07, 6.45) is -8.16. The maximum absolute atomic E-state index is 13.3.